The summed E-state index contributed by atoms with van der Waals surface area (Å²) in [6, 6.07) is -0.582. The number of aliphatic imine (C=N–C) groups is 1. The highest BCUT2D eigenvalue weighted by Crippen LogP contribution is 2.00. The first-order valence-electron chi connectivity index (χ1n) is 7.51. The normalized spacial score (nSPS) is 11.3. The molecule has 1 atom stereocenters. The molecule has 126 valence electrons. The summed E-state index contributed by atoms with van der Waals surface area (Å²) in [4.78, 5) is 37.2. The van der Waals surface area contributed by atoms with Gasteiger partial charge in [-0.1, -0.05) is 6.42 Å². The van der Waals surface area contributed by atoms with Gasteiger partial charge in [0.1, 0.15) is 12.3 Å². The third-order valence-corrected chi connectivity index (χ3v) is 2.94. The van der Waals surface area contributed by atoms with E-state index in [0.29, 0.717) is 32.4 Å². The first-order chi connectivity index (χ1) is 10.5. The molecule has 0 aliphatic carbocycles. The molecule has 0 unspecified atom stereocenters. The van der Waals surface area contributed by atoms with E-state index in [2.05, 4.69) is 15.6 Å². The summed E-state index contributed by atoms with van der Waals surface area (Å²) in [6.45, 7) is 2.31. The molecule has 6 N–H and O–H groups in total. The molecule has 0 aromatic carbocycles. The molecule has 0 saturated carbocycles. The van der Waals surface area contributed by atoms with Gasteiger partial charge in [0.05, 0.1) is 0 Å². The molecule has 0 spiro atoms. The predicted molar refractivity (Wildman–Crippen MR) is 85.1 cm³/mol. The Balaban J connectivity index is 4.07. The van der Waals surface area contributed by atoms with E-state index in [-0.39, 0.29) is 17.8 Å². The number of carbonyl (C=O) groups is 3. The van der Waals surface area contributed by atoms with Crippen molar-refractivity contribution in [2.75, 3.05) is 13.1 Å². The number of nitrogens with one attached hydrogen (secondary N) is 2. The summed E-state index contributed by atoms with van der Waals surface area (Å²) >= 11 is 0. The Kier molecular flexibility index (Phi) is 11.4. The Labute approximate surface area is 131 Å². The standard InChI is InChI=1S/C14H27N5O3/c1-11(21)19-12(7-6-9-18-14(15)16)13(22)17-8-4-2-3-5-10-20/h10,12H,2-9H2,1H3,(H,17,22)(H,19,21)(H4,15,16,18)/t12-/m1/s1. The summed E-state index contributed by atoms with van der Waals surface area (Å²) in [6.07, 6.45) is 5.01. The topological polar surface area (TPSA) is 140 Å². The number of nitrogens with zero attached hydrogens (tertiary/aromatic N) is 1. The maximum atomic E-state index is 12.0. The van der Waals surface area contributed by atoms with Crippen LogP contribution in [0.5, 0.6) is 0 Å². The van der Waals surface area contributed by atoms with E-state index in [9.17, 15) is 14.4 Å². The van der Waals surface area contributed by atoms with Crippen molar-refractivity contribution in [2.24, 2.45) is 16.5 Å². The van der Waals surface area contributed by atoms with Crippen LogP contribution in [0.1, 0.15) is 45.4 Å². The van der Waals surface area contributed by atoms with Gasteiger partial charge >= 0.3 is 0 Å². The van der Waals surface area contributed by atoms with E-state index in [1.807, 2.05) is 0 Å². The Morgan fingerprint density at radius 1 is 1.18 bits per heavy atom. The van der Waals surface area contributed by atoms with E-state index in [1.54, 1.807) is 0 Å². The van der Waals surface area contributed by atoms with Crippen molar-refractivity contribution >= 4 is 24.1 Å². The summed E-state index contributed by atoms with van der Waals surface area (Å²) in [7, 11) is 0. The number of amides is 2. The van der Waals surface area contributed by atoms with Gasteiger partial charge in [0.25, 0.3) is 0 Å². The van der Waals surface area contributed by atoms with Gasteiger partial charge in [-0.15, -0.1) is 0 Å². The van der Waals surface area contributed by atoms with E-state index >= 15 is 0 Å². The van der Waals surface area contributed by atoms with Crippen LogP contribution in [0.3, 0.4) is 0 Å². The highest BCUT2D eigenvalue weighted by molar-refractivity contribution is 5.86. The van der Waals surface area contributed by atoms with Crippen molar-refractivity contribution in [3.05, 3.63) is 0 Å². The fraction of sp³-hybridized carbons (Fsp3) is 0.714. The molecule has 2 amide bonds. The van der Waals surface area contributed by atoms with E-state index in [0.717, 1.165) is 25.5 Å². The summed E-state index contributed by atoms with van der Waals surface area (Å²) in [5.41, 5.74) is 10.4. The Morgan fingerprint density at radius 2 is 1.91 bits per heavy atom. The predicted octanol–water partition coefficient (Wildman–Crippen LogP) is -0.580. The summed E-state index contributed by atoms with van der Waals surface area (Å²) in [5, 5.41) is 5.41. The molecular weight excluding hydrogens is 286 g/mol. The van der Waals surface area contributed by atoms with Gasteiger partial charge in [0.15, 0.2) is 5.96 Å². The van der Waals surface area contributed by atoms with Crippen LogP contribution in [0.15, 0.2) is 4.99 Å². The largest absolute Gasteiger partial charge is 0.370 e. The lowest BCUT2D eigenvalue weighted by Crippen LogP contribution is -2.46. The number of rotatable bonds is 12. The molecule has 0 saturated heterocycles. The molecule has 22 heavy (non-hydrogen) atoms. The van der Waals surface area contributed by atoms with Gasteiger partial charge in [-0.2, -0.15) is 0 Å². The van der Waals surface area contributed by atoms with Crippen LogP contribution in [0.2, 0.25) is 0 Å². The second-order valence-electron chi connectivity index (χ2n) is 5.01. The molecular formula is C14H27N5O3. The SMILES string of the molecule is CC(=O)N[C@H](CCCN=C(N)N)C(=O)NCCCCCC=O. The molecule has 0 heterocycles. The van der Waals surface area contributed by atoms with Gasteiger partial charge in [-0.05, 0) is 25.7 Å². The molecule has 0 fully saturated rings. The zero-order chi connectivity index (χ0) is 16.8. The number of carbonyl (C=O) groups excluding carboxylic acids is 3. The zero-order valence-corrected chi connectivity index (χ0v) is 13.1. The minimum absolute atomic E-state index is 0.0100. The molecule has 0 aliphatic heterocycles. The van der Waals surface area contributed by atoms with E-state index in [4.69, 9.17) is 11.5 Å². The van der Waals surface area contributed by atoms with Crippen LogP contribution in [0.25, 0.3) is 0 Å². The second kappa shape index (κ2) is 12.6. The second-order valence-corrected chi connectivity index (χ2v) is 5.01. The Morgan fingerprint density at radius 3 is 2.50 bits per heavy atom. The average Bonchev–Trinajstić information content (AvgIpc) is 2.45. The molecule has 8 heteroatoms. The number of hydrogen-bond donors (Lipinski definition) is 4. The van der Waals surface area contributed by atoms with E-state index in [1.165, 1.54) is 6.92 Å². The number of hydrogen-bond acceptors (Lipinski definition) is 4. The number of unbranched alkanes of at least 4 members (excludes halogenated alkanes) is 3. The zero-order valence-electron chi connectivity index (χ0n) is 13.1. The molecule has 0 bridgehead atoms. The van der Waals surface area contributed by atoms with Crippen molar-refractivity contribution in [3.8, 4) is 0 Å². The van der Waals surface area contributed by atoms with Gasteiger partial charge in [0, 0.05) is 26.4 Å². The van der Waals surface area contributed by atoms with Crippen LogP contribution in [-0.2, 0) is 14.4 Å². The number of guanidine groups is 1. The fourth-order valence-corrected chi connectivity index (χ4v) is 1.88. The average molecular weight is 313 g/mol. The first-order valence-corrected chi connectivity index (χ1v) is 7.51. The maximum absolute atomic E-state index is 12.0. The summed E-state index contributed by atoms with van der Waals surface area (Å²) in [5.74, 6) is -0.459. The van der Waals surface area contributed by atoms with Crippen molar-refractivity contribution < 1.29 is 14.4 Å². The third-order valence-electron chi connectivity index (χ3n) is 2.94. The summed E-state index contributed by atoms with van der Waals surface area (Å²) < 4.78 is 0. The molecule has 0 aliphatic rings. The molecule has 0 aromatic heterocycles. The lowest BCUT2D eigenvalue weighted by atomic mass is 10.1. The molecule has 8 nitrogen and oxygen atoms in total. The van der Waals surface area contributed by atoms with Gasteiger partial charge in [0.2, 0.25) is 11.8 Å². The number of nitrogens with two attached hydrogens (primary N) is 2. The van der Waals surface area contributed by atoms with Gasteiger partial charge < -0.3 is 26.9 Å². The Hall–Kier alpha value is -2.12. The highest BCUT2D eigenvalue weighted by Gasteiger charge is 2.18. The van der Waals surface area contributed by atoms with E-state index < -0.39 is 6.04 Å². The van der Waals surface area contributed by atoms with Crippen LogP contribution < -0.4 is 22.1 Å². The minimum atomic E-state index is -0.582. The van der Waals surface area contributed by atoms with Crippen LogP contribution in [0.4, 0.5) is 0 Å². The van der Waals surface area contributed by atoms with Gasteiger partial charge in [-0.3, -0.25) is 14.6 Å². The Bertz CT molecular complexity index is 381. The van der Waals surface area contributed by atoms with Crippen LogP contribution >= 0.6 is 0 Å². The lowest BCUT2D eigenvalue weighted by Gasteiger charge is -2.17. The van der Waals surface area contributed by atoms with Crippen molar-refractivity contribution in [1.29, 1.82) is 0 Å². The van der Waals surface area contributed by atoms with Crippen molar-refractivity contribution in [1.82, 2.24) is 10.6 Å². The first kappa shape index (κ1) is 19.9. The van der Waals surface area contributed by atoms with Crippen LogP contribution in [-0.4, -0.2) is 43.2 Å². The molecule has 0 aromatic rings. The lowest BCUT2D eigenvalue weighted by molar-refractivity contribution is -0.128. The highest BCUT2D eigenvalue weighted by atomic mass is 16.2. The van der Waals surface area contributed by atoms with Crippen molar-refractivity contribution in [3.63, 3.8) is 0 Å². The maximum Gasteiger partial charge on any atom is 0.242 e. The minimum Gasteiger partial charge on any atom is -0.370 e. The van der Waals surface area contributed by atoms with Crippen LogP contribution in [0, 0.1) is 0 Å². The quantitative estimate of drug-likeness (QED) is 0.165. The third kappa shape index (κ3) is 11.7. The van der Waals surface area contributed by atoms with Gasteiger partial charge in [-0.25, -0.2) is 0 Å². The molecule has 0 rings (SSSR count). The van der Waals surface area contributed by atoms with Crippen molar-refractivity contribution in [2.45, 2.75) is 51.5 Å². The molecule has 0 radical (unpaired) electrons. The fourth-order valence-electron chi connectivity index (χ4n) is 1.88. The number of aldehydes is 1. The smallest absolute Gasteiger partial charge is 0.242 e. The monoisotopic (exact) mass is 313 g/mol.